The van der Waals surface area contributed by atoms with Crippen LogP contribution < -0.4 is 19.9 Å². The summed E-state index contributed by atoms with van der Waals surface area (Å²) in [7, 11) is 7.84. The van der Waals surface area contributed by atoms with E-state index in [-0.39, 0.29) is 10.7 Å². The number of benzene rings is 3. The summed E-state index contributed by atoms with van der Waals surface area (Å²) in [6.45, 7) is 22.2. The molecule has 3 aromatic carbocycles. The Hall–Kier alpha value is -2.69. The van der Waals surface area contributed by atoms with Gasteiger partial charge in [-0.1, -0.05) is 0 Å². The van der Waals surface area contributed by atoms with Gasteiger partial charge in [-0.05, 0) is 0 Å². The first kappa shape index (κ1) is 33.7. The zero-order chi connectivity index (χ0) is 32.6. The Bertz CT molecular complexity index is 1460. The number of rotatable bonds is 9. The van der Waals surface area contributed by atoms with E-state index < -0.39 is 20.6 Å². The first-order valence-electron chi connectivity index (χ1n) is 16.5. The van der Waals surface area contributed by atoms with Crippen LogP contribution in [0.5, 0.6) is 5.75 Å². The van der Waals surface area contributed by atoms with Crippen molar-refractivity contribution in [3.8, 4) is 5.75 Å². The second-order valence-electron chi connectivity index (χ2n) is 13.5. The summed E-state index contributed by atoms with van der Waals surface area (Å²) in [6.07, 6.45) is 0.111. The third kappa shape index (κ3) is 6.61. The summed E-state index contributed by atoms with van der Waals surface area (Å²) < 4.78 is 8.59. The van der Waals surface area contributed by atoms with Crippen molar-refractivity contribution in [2.75, 3.05) is 28.2 Å². The topological polar surface area (TPSA) is 44.8 Å². The molecule has 2 heterocycles. The molecule has 5 rings (SSSR count). The van der Waals surface area contributed by atoms with Crippen molar-refractivity contribution in [3.05, 3.63) is 82.4 Å². The van der Waals surface area contributed by atoms with E-state index in [1.54, 1.807) is 0 Å². The monoisotopic (exact) mass is 717 g/mol. The molecule has 1 atom stereocenters. The molecular formula is C38H50ClN3O2Ru. The minimum absolute atomic E-state index is 0.00211. The Balaban J connectivity index is 1.74. The number of carbonyl (C=O) groups excluding carboxylic acids is 1. The average Bonchev–Trinajstić information content (AvgIpc) is 3.44. The van der Waals surface area contributed by atoms with E-state index in [1.807, 2.05) is 19.1 Å². The van der Waals surface area contributed by atoms with Gasteiger partial charge in [0.25, 0.3) is 0 Å². The summed E-state index contributed by atoms with van der Waals surface area (Å²) >= 11 is -2.29. The Kier molecular flexibility index (Phi) is 10.5. The normalized spacial score (nSPS) is 18.3. The fourth-order valence-corrected chi connectivity index (χ4v) is 11.2. The molecule has 0 radical (unpaired) electrons. The van der Waals surface area contributed by atoms with Gasteiger partial charge in [0.05, 0.1) is 0 Å². The molecule has 2 aliphatic heterocycles. The second-order valence-corrected chi connectivity index (χ2v) is 18.0. The van der Waals surface area contributed by atoms with Gasteiger partial charge in [-0.25, -0.2) is 0 Å². The van der Waals surface area contributed by atoms with Crippen LogP contribution in [0.4, 0.5) is 17.1 Å². The maximum absolute atomic E-state index is 12.6. The van der Waals surface area contributed by atoms with Crippen LogP contribution in [-0.2, 0) is 19.3 Å². The number of halogens is 1. The Morgan fingerprint density at radius 3 is 1.67 bits per heavy atom. The van der Waals surface area contributed by atoms with Crippen LogP contribution in [0.25, 0.3) is 0 Å². The van der Waals surface area contributed by atoms with E-state index in [1.165, 1.54) is 33.6 Å². The standard InChI is InChI=1S/C27H39N2.C11H11NO2.ClH.Ru/c1-18(2)22-11-9-12-23(19(3)4)26(22)28-15-16-29(17-28)27-24(20(5)6)13-10-14-25(27)21(7)8;1-3-9-11(13)12-8-6-4-5-7(2)10(8)14-9;;/h9-14,17-21H,15-16H2,1-8H3;2,4-6,9H,3H2,1H3,(H,12,13);1H;/q;;;+1/p-1. The number of anilines is 3. The summed E-state index contributed by atoms with van der Waals surface area (Å²) in [5.41, 5.74) is 9.89. The van der Waals surface area contributed by atoms with E-state index in [4.69, 9.17) is 14.4 Å². The van der Waals surface area contributed by atoms with Crippen molar-refractivity contribution in [2.45, 2.75) is 103 Å². The van der Waals surface area contributed by atoms with Crippen LogP contribution >= 0.6 is 9.69 Å². The summed E-state index contributed by atoms with van der Waals surface area (Å²) in [5, 5.41) is 3.06. The zero-order valence-corrected chi connectivity index (χ0v) is 30.8. The Morgan fingerprint density at radius 1 is 0.800 bits per heavy atom. The molecule has 1 fully saturated rings. The molecule has 0 aliphatic carbocycles. The van der Waals surface area contributed by atoms with Gasteiger partial charge >= 0.3 is 281 Å². The maximum atomic E-state index is 12.6. The summed E-state index contributed by atoms with van der Waals surface area (Å²) in [4.78, 5) is 17.9. The molecule has 244 valence electrons. The molecule has 1 N–H and O–H groups in total. The molecule has 1 unspecified atom stereocenters. The molecule has 2 aliphatic rings. The Labute approximate surface area is 279 Å². The van der Waals surface area contributed by atoms with Crippen LogP contribution in [0.15, 0.2) is 54.6 Å². The fraction of sp³-hybridized carbons (Fsp3) is 0.474. The van der Waals surface area contributed by atoms with Crippen molar-refractivity contribution in [3.63, 3.8) is 0 Å². The third-order valence-corrected chi connectivity index (χ3v) is 13.2. The molecule has 1 saturated heterocycles. The van der Waals surface area contributed by atoms with Crippen molar-refractivity contribution >= 4 is 37.3 Å². The third-order valence-electron chi connectivity index (χ3n) is 8.95. The molecule has 7 heteroatoms. The molecule has 45 heavy (non-hydrogen) atoms. The van der Waals surface area contributed by atoms with Gasteiger partial charge in [0, 0.05) is 0 Å². The molecular weight excluding hydrogens is 667 g/mol. The van der Waals surface area contributed by atoms with E-state index in [0.29, 0.717) is 30.1 Å². The predicted molar refractivity (Wildman–Crippen MR) is 189 cm³/mol. The number of hydrogen-bond donors (Lipinski definition) is 1. The van der Waals surface area contributed by atoms with Gasteiger partial charge in [-0.3, -0.25) is 0 Å². The number of nitrogens with one attached hydrogen (secondary N) is 1. The molecule has 0 bridgehead atoms. The minimum atomic E-state index is -2.29. The molecule has 1 amide bonds. The molecule has 0 saturated carbocycles. The van der Waals surface area contributed by atoms with Gasteiger partial charge in [0.2, 0.25) is 0 Å². The van der Waals surface area contributed by atoms with Gasteiger partial charge in [0.15, 0.2) is 0 Å². The molecule has 0 aromatic heterocycles. The van der Waals surface area contributed by atoms with E-state index in [2.05, 4.69) is 118 Å². The number of carbonyl (C=O) groups is 1. The van der Waals surface area contributed by atoms with Crippen LogP contribution in [-0.4, -0.2) is 34.5 Å². The van der Waals surface area contributed by atoms with Crippen LogP contribution in [0, 0.1) is 0 Å². The molecule has 5 nitrogen and oxygen atoms in total. The Morgan fingerprint density at radius 2 is 1.24 bits per heavy atom. The van der Waals surface area contributed by atoms with Gasteiger partial charge < -0.3 is 0 Å². The SMILES string of the molecule is CCC1Oc2c([CH]=[Ru]([Cl])[CH]3N(c4c(C(C)C)cccc4C(C)C)CCN3c3c(C(C)C)cccc3C(C)C)cccc2NC1=O. The van der Waals surface area contributed by atoms with Crippen molar-refractivity contribution in [1.29, 1.82) is 0 Å². The van der Waals surface area contributed by atoms with Crippen molar-refractivity contribution < 1.29 is 24.0 Å². The van der Waals surface area contributed by atoms with Gasteiger partial charge in [-0.15, -0.1) is 0 Å². The summed E-state index contributed by atoms with van der Waals surface area (Å²) in [6, 6.07) is 19.6. The number of ether oxygens (including phenoxy) is 1. The molecule has 3 aromatic rings. The number of hydrogen-bond acceptors (Lipinski definition) is 4. The van der Waals surface area contributed by atoms with E-state index >= 15 is 0 Å². The fourth-order valence-electron chi connectivity index (χ4n) is 6.62. The first-order chi connectivity index (χ1) is 21.4. The van der Waals surface area contributed by atoms with Crippen molar-refractivity contribution in [1.82, 2.24) is 0 Å². The number of amides is 1. The van der Waals surface area contributed by atoms with Gasteiger partial charge in [0.1, 0.15) is 0 Å². The van der Waals surface area contributed by atoms with Crippen LogP contribution in [0.1, 0.15) is 120 Å². The van der Waals surface area contributed by atoms with Gasteiger partial charge in [-0.2, -0.15) is 0 Å². The first-order valence-corrected chi connectivity index (χ1v) is 20.7. The predicted octanol–water partition coefficient (Wildman–Crippen LogP) is 9.52. The molecule has 0 spiro atoms. The van der Waals surface area contributed by atoms with Crippen molar-refractivity contribution in [2.24, 2.45) is 0 Å². The average molecular weight is 717 g/mol. The number of nitrogens with zero attached hydrogens (tertiary/aromatic N) is 2. The van der Waals surface area contributed by atoms with E-state index in [9.17, 15) is 4.79 Å². The number of para-hydroxylation sites is 3. The second kappa shape index (κ2) is 14.0. The van der Waals surface area contributed by atoms with Crippen LogP contribution in [0.2, 0.25) is 0 Å². The van der Waals surface area contributed by atoms with E-state index in [0.717, 1.165) is 30.1 Å². The van der Waals surface area contributed by atoms with Crippen LogP contribution in [0.3, 0.4) is 0 Å². The number of fused-ring (bicyclic) bond motifs is 1. The summed E-state index contributed by atoms with van der Waals surface area (Å²) in [5.74, 6) is 2.17. The zero-order valence-electron chi connectivity index (χ0n) is 28.3. The quantitative estimate of drug-likeness (QED) is 0.224.